The molecule has 0 radical (unpaired) electrons. The zero-order chi connectivity index (χ0) is 19.7. The number of nitrogens with zero attached hydrogens (tertiary/aromatic N) is 1. The summed E-state index contributed by atoms with van der Waals surface area (Å²) in [6, 6.07) is 18.3. The molecule has 0 aromatic heterocycles. The van der Waals surface area contributed by atoms with Gasteiger partial charge in [-0.05, 0) is 11.1 Å². The van der Waals surface area contributed by atoms with Crippen molar-refractivity contribution in [3.05, 3.63) is 71.8 Å². The number of likely N-dealkylation sites (tertiary alicyclic amines) is 1. The van der Waals surface area contributed by atoms with Crippen molar-refractivity contribution >= 4 is 17.8 Å². The molecule has 0 unspecified atom stereocenters. The third kappa shape index (κ3) is 3.20. The minimum Gasteiger partial charge on any atom is -0.469 e. The smallest absolute Gasteiger partial charge is 0.307 e. The molecule has 2 aliphatic rings. The Morgan fingerprint density at radius 3 is 2.21 bits per heavy atom. The van der Waals surface area contributed by atoms with Crippen LogP contribution < -0.4 is 5.32 Å². The van der Waals surface area contributed by atoms with Crippen molar-refractivity contribution in [2.24, 2.45) is 11.8 Å². The van der Waals surface area contributed by atoms with Crippen LogP contribution in [0.4, 0.5) is 0 Å². The van der Waals surface area contributed by atoms with Crippen LogP contribution in [0.1, 0.15) is 23.6 Å². The predicted molar refractivity (Wildman–Crippen MR) is 102 cm³/mol. The highest BCUT2D eigenvalue weighted by atomic mass is 16.5. The minimum atomic E-state index is -0.569. The van der Waals surface area contributed by atoms with E-state index in [1.54, 1.807) is 0 Å². The number of imide groups is 1. The second-order valence-corrected chi connectivity index (χ2v) is 7.24. The van der Waals surface area contributed by atoms with E-state index in [-0.39, 0.29) is 30.8 Å². The second kappa shape index (κ2) is 7.56. The maximum absolute atomic E-state index is 13.2. The van der Waals surface area contributed by atoms with Crippen molar-refractivity contribution in [2.45, 2.75) is 25.0 Å². The molecule has 0 spiro atoms. The SMILES string of the molecule is COC(=O)C[C@@H]1N[C@H](c2ccccc2)[C@@H]2C(=O)N(Cc3ccccc3)C(=O)[C@H]21. The van der Waals surface area contributed by atoms with Crippen molar-refractivity contribution in [1.82, 2.24) is 10.2 Å². The zero-order valence-corrected chi connectivity index (χ0v) is 15.6. The van der Waals surface area contributed by atoms with Gasteiger partial charge in [-0.2, -0.15) is 0 Å². The van der Waals surface area contributed by atoms with Gasteiger partial charge in [-0.1, -0.05) is 60.7 Å². The Morgan fingerprint density at radius 2 is 1.57 bits per heavy atom. The van der Waals surface area contributed by atoms with Gasteiger partial charge in [-0.15, -0.1) is 0 Å². The summed E-state index contributed by atoms with van der Waals surface area (Å²) in [5.41, 5.74) is 1.84. The van der Waals surface area contributed by atoms with Gasteiger partial charge in [0.15, 0.2) is 0 Å². The number of carbonyl (C=O) groups excluding carboxylic acids is 3. The molecule has 2 fully saturated rings. The fourth-order valence-electron chi connectivity index (χ4n) is 4.32. The fourth-order valence-corrected chi connectivity index (χ4v) is 4.32. The standard InChI is InChI=1S/C22H22N2O4/c1-28-17(25)12-16-18-19(20(23-16)15-10-6-3-7-11-15)22(27)24(21(18)26)13-14-8-4-2-5-9-14/h2-11,16,18-20,23H,12-13H2,1H3/t16-,18-,19+,20+/m0/s1. The van der Waals surface area contributed by atoms with Crippen LogP contribution in [0.2, 0.25) is 0 Å². The van der Waals surface area contributed by atoms with Gasteiger partial charge in [0.25, 0.3) is 0 Å². The van der Waals surface area contributed by atoms with Crippen molar-refractivity contribution < 1.29 is 19.1 Å². The molecule has 2 heterocycles. The highest BCUT2D eigenvalue weighted by Gasteiger charge is 2.59. The molecule has 1 N–H and O–H groups in total. The number of methoxy groups -OCH3 is 1. The Kier molecular flexibility index (Phi) is 4.96. The largest absolute Gasteiger partial charge is 0.469 e. The summed E-state index contributed by atoms with van der Waals surface area (Å²) in [5, 5.41) is 3.35. The maximum atomic E-state index is 13.2. The number of hydrogen-bond donors (Lipinski definition) is 1. The zero-order valence-electron chi connectivity index (χ0n) is 15.6. The van der Waals surface area contributed by atoms with E-state index in [0.717, 1.165) is 11.1 Å². The van der Waals surface area contributed by atoms with E-state index in [4.69, 9.17) is 4.74 Å². The lowest BCUT2D eigenvalue weighted by Gasteiger charge is -2.22. The van der Waals surface area contributed by atoms with Gasteiger partial charge in [0.05, 0.1) is 31.9 Å². The van der Waals surface area contributed by atoms with Crippen LogP contribution in [-0.4, -0.2) is 35.8 Å². The molecule has 0 saturated carbocycles. The first-order valence-electron chi connectivity index (χ1n) is 9.37. The summed E-state index contributed by atoms with van der Waals surface area (Å²) in [6.45, 7) is 0.248. The molecule has 2 saturated heterocycles. The normalized spacial score (nSPS) is 26.4. The first-order valence-corrected chi connectivity index (χ1v) is 9.37. The van der Waals surface area contributed by atoms with E-state index >= 15 is 0 Å². The lowest BCUT2D eigenvalue weighted by atomic mass is 9.86. The number of amides is 2. The van der Waals surface area contributed by atoms with E-state index in [9.17, 15) is 14.4 Å². The van der Waals surface area contributed by atoms with Gasteiger partial charge in [0, 0.05) is 12.1 Å². The molecule has 4 rings (SSSR count). The van der Waals surface area contributed by atoms with Crippen molar-refractivity contribution in [1.29, 1.82) is 0 Å². The molecule has 0 bridgehead atoms. The van der Waals surface area contributed by atoms with Crippen molar-refractivity contribution in [2.75, 3.05) is 7.11 Å². The quantitative estimate of drug-likeness (QED) is 0.637. The number of nitrogens with one attached hydrogen (secondary N) is 1. The third-order valence-electron chi connectivity index (χ3n) is 5.63. The summed E-state index contributed by atoms with van der Waals surface area (Å²) in [5.74, 6) is -1.90. The summed E-state index contributed by atoms with van der Waals surface area (Å²) < 4.78 is 4.80. The molecule has 2 amide bonds. The second-order valence-electron chi connectivity index (χ2n) is 7.24. The van der Waals surface area contributed by atoms with Crippen LogP contribution in [0.5, 0.6) is 0 Å². The van der Waals surface area contributed by atoms with Gasteiger partial charge in [0.1, 0.15) is 0 Å². The summed E-state index contributed by atoms with van der Waals surface area (Å²) in [6.07, 6.45) is 0.0548. The highest BCUT2D eigenvalue weighted by Crippen LogP contribution is 2.45. The van der Waals surface area contributed by atoms with E-state index in [0.29, 0.717) is 0 Å². The predicted octanol–water partition coefficient (Wildman–Crippen LogP) is 2.06. The van der Waals surface area contributed by atoms with Crippen LogP contribution >= 0.6 is 0 Å². The van der Waals surface area contributed by atoms with E-state index < -0.39 is 23.8 Å². The van der Waals surface area contributed by atoms with Crippen LogP contribution in [0, 0.1) is 11.8 Å². The van der Waals surface area contributed by atoms with Crippen molar-refractivity contribution in [3.8, 4) is 0 Å². The van der Waals surface area contributed by atoms with Gasteiger partial charge >= 0.3 is 5.97 Å². The summed E-state index contributed by atoms with van der Waals surface area (Å²) in [4.78, 5) is 39.6. The van der Waals surface area contributed by atoms with Crippen LogP contribution in [0.25, 0.3) is 0 Å². The maximum Gasteiger partial charge on any atom is 0.307 e. The number of carbonyl (C=O) groups is 3. The Labute approximate surface area is 163 Å². The molecular weight excluding hydrogens is 356 g/mol. The molecular formula is C22H22N2O4. The molecule has 144 valence electrons. The van der Waals surface area contributed by atoms with Gasteiger partial charge in [0.2, 0.25) is 11.8 Å². The topological polar surface area (TPSA) is 75.7 Å². The van der Waals surface area contributed by atoms with Gasteiger partial charge in [-0.25, -0.2) is 0 Å². The molecule has 28 heavy (non-hydrogen) atoms. The molecule has 6 heteroatoms. The van der Waals surface area contributed by atoms with Crippen LogP contribution in [-0.2, 0) is 25.7 Å². The monoisotopic (exact) mass is 378 g/mol. The lowest BCUT2D eigenvalue weighted by molar-refractivity contribution is -0.142. The van der Waals surface area contributed by atoms with Crippen LogP contribution in [0.3, 0.4) is 0 Å². The highest BCUT2D eigenvalue weighted by molar-refractivity contribution is 6.06. The first-order chi connectivity index (χ1) is 13.6. The lowest BCUT2D eigenvalue weighted by Crippen LogP contribution is -2.40. The number of esters is 1. The summed E-state index contributed by atoms with van der Waals surface area (Å²) >= 11 is 0. The average molecular weight is 378 g/mol. The van der Waals surface area contributed by atoms with Crippen LogP contribution in [0.15, 0.2) is 60.7 Å². The Hall–Kier alpha value is -2.99. The van der Waals surface area contributed by atoms with E-state index in [1.807, 2.05) is 60.7 Å². The molecule has 2 aromatic carbocycles. The third-order valence-corrected chi connectivity index (χ3v) is 5.63. The molecule has 0 aliphatic carbocycles. The van der Waals surface area contributed by atoms with E-state index in [1.165, 1.54) is 12.0 Å². The molecule has 2 aliphatic heterocycles. The van der Waals surface area contributed by atoms with Gasteiger partial charge in [-0.3, -0.25) is 19.3 Å². The van der Waals surface area contributed by atoms with E-state index in [2.05, 4.69) is 5.32 Å². The molecule has 4 atom stereocenters. The van der Waals surface area contributed by atoms with Crippen molar-refractivity contribution in [3.63, 3.8) is 0 Å². The number of ether oxygens (including phenoxy) is 1. The number of fused-ring (bicyclic) bond motifs is 1. The summed E-state index contributed by atoms with van der Waals surface area (Å²) in [7, 11) is 1.33. The Bertz CT molecular complexity index is 884. The number of benzene rings is 2. The number of rotatable bonds is 5. The van der Waals surface area contributed by atoms with Gasteiger partial charge < -0.3 is 10.1 Å². The number of hydrogen-bond acceptors (Lipinski definition) is 5. The molecule has 6 nitrogen and oxygen atoms in total. The Balaban J connectivity index is 1.66. The average Bonchev–Trinajstić information content (AvgIpc) is 3.21. The fraction of sp³-hybridized carbons (Fsp3) is 0.318. The molecule has 2 aromatic rings. The minimum absolute atomic E-state index is 0.0548. The Morgan fingerprint density at radius 1 is 0.964 bits per heavy atom. The first kappa shape index (κ1) is 18.4.